The van der Waals surface area contributed by atoms with Crippen LogP contribution in [-0.4, -0.2) is 16.6 Å². The van der Waals surface area contributed by atoms with E-state index in [1.807, 2.05) is 12.1 Å². The Hall–Kier alpha value is -1.87. The minimum Gasteiger partial charge on any atom is -0.362 e. The van der Waals surface area contributed by atoms with Crippen molar-refractivity contribution in [3.05, 3.63) is 57.7 Å². The molecule has 0 fully saturated rings. The molecule has 0 bridgehead atoms. The van der Waals surface area contributed by atoms with E-state index in [-0.39, 0.29) is 0 Å². The van der Waals surface area contributed by atoms with Gasteiger partial charge in [-0.25, -0.2) is 4.98 Å². The summed E-state index contributed by atoms with van der Waals surface area (Å²) >= 11 is 17.1. The van der Waals surface area contributed by atoms with E-state index in [2.05, 4.69) is 21.7 Å². The van der Waals surface area contributed by atoms with Crippen LogP contribution in [0.25, 0.3) is 0 Å². The summed E-state index contributed by atoms with van der Waals surface area (Å²) in [4.78, 5) is 4.08. The van der Waals surface area contributed by atoms with Crippen molar-refractivity contribution in [3.63, 3.8) is 0 Å². The lowest BCUT2D eigenvalue weighted by molar-refractivity contribution is 0.873. The quantitative estimate of drug-likeness (QED) is 0.821. The molecule has 0 saturated heterocycles. The third-order valence-corrected chi connectivity index (χ3v) is 3.46. The fourth-order valence-corrected chi connectivity index (χ4v) is 2.59. The summed E-state index contributed by atoms with van der Waals surface area (Å²) in [6.07, 6.45) is 2.31. The van der Waals surface area contributed by atoms with E-state index in [0.717, 1.165) is 12.0 Å². The molecule has 2 aromatic rings. The van der Waals surface area contributed by atoms with E-state index in [1.165, 1.54) is 0 Å². The zero-order chi connectivity index (χ0) is 15.9. The Bertz CT molecular complexity index is 707. The zero-order valence-corrected chi connectivity index (χ0v) is 13.8. The van der Waals surface area contributed by atoms with Crippen molar-refractivity contribution >= 4 is 46.4 Å². The molecule has 2 N–H and O–H groups in total. The number of hydrogen-bond acceptors (Lipinski definition) is 3. The highest BCUT2D eigenvalue weighted by Gasteiger charge is 2.04. The van der Waals surface area contributed by atoms with Crippen molar-refractivity contribution in [2.24, 2.45) is 0 Å². The van der Waals surface area contributed by atoms with Gasteiger partial charge in [0, 0.05) is 22.8 Å². The Labute approximate surface area is 144 Å². The molecular weight excluding hydrogens is 339 g/mol. The first-order valence-corrected chi connectivity index (χ1v) is 7.60. The molecule has 1 heterocycles. The van der Waals surface area contributed by atoms with Gasteiger partial charge in [0.25, 0.3) is 0 Å². The van der Waals surface area contributed by atoms with Gasteiger partial charge in [0.2, 0.25) is 0 Å². The Morgan fingerprint density at radius 2 is 2.00 bits per heavy atom. The number of hydrogen-bond donors (Lipinski definition) is 2. The molecule has 0 aliphatic heterocycles. The van der Waals surface area contributed by atoms with Crippen LogP contribution in [0.3, 0.4) is 0 Å². The summed E-state index contributed by atoms with van der Waals surface area (Å²) in [5.74, 6) is 0.438. The second-order valence-corrected chi connectivity index (χ2v) is 5.70. The number of thiocarbonyl (C=S) groups is 1. The number of benzene rings is 1. The van der Waals surface area contributed by atoms with Gasteiger partial charge in [-0.1, -0.05) is 23.2 Å². The van der Waals surface area contributed by atoms with Gasteiger partial charge in [0.1, 0.15) is 11.9 Å². The maximum Gasteiger partial charge on any atom is 0.171 e. The predicted molar refractivity (Wildman–Crippen MR) is 93.3 cm³/mol. The van der Waals surface area contributed by atoms with Crippen molar-refractivity contribution in [3.8, 4) is 6.07 Å². The summed E-state index contributed by atoms with van der Waals surface area (Å²) in [6, 6.07) is 10.8. The topological polar surface area (TPSA) is 60.7 Å². The molecule has 0 spiro atoms. The number of nitriles is 1. The van der Waals surface area contributed by atoms with Gasteiger partial charge >= 0.3 is 0 Å². The standard InChI is InChI=1S/C15H12Cl2N4S/c16-12-6-10(7-13(17)8-12)3-5-20-15(22)21-14-11(9-18)2-1-4-19-14/h1-2,4,6-8H,3,5H2,(H2,19,20,21,22). The summed E-state index contributed by atoms with van der Waals surface area (Å²) in [7, 11) is 0. The minimum atomic E-state index is 0.406. The first kappa shape index (κ1) is 16.5. The average molecular weight is 351 g/mol. The monoisotopic (exact) mass is 350 g/mol. The van der Waals surface area contributed by atoms with Gasteiger partial charge < -0.3 is 10.6 Å². The van der Waals surface area contributed by atoms with Crippen LogP contribution in [-0.2, 0) is 6.42 Å². The van der Waals surface area contributed by atoms with E-state index in [4.69, 9.17) is 40.7 Å². The van der Waals surface area contributed by atoms with E-state index in [9.17, 15) is 0 Å². The molecule has 0 saturated carbocycles. The number of anilines is 1. The molecule has 0 unspecified atom stereocenters. The van der Waals surface area contributed by atoms with E-state index in [0.29, 0.717) is 33.1 Å². The number of rotatable bonds is 4. The van der Waals surface area contributed by atoms with Crippen molar-refractivity contribution in [1.29, 1.82) is 5.26 Å². The number of aromatic nitrogens is 1. The maximum absolute atomic E-state index is 8.99. The second kappa shape index (κ2) is 7.95. The molecule has 0 aliphatic rings. The van der Waals surface area contributed by atoms with Crippen LogP contribution in [0.1, 0.15) is 11.1 Å². The second-order valence-electron chi connectivity index (χ2n) is 4.42. The largest absolute Gasteiger partial charge is 0.362 e. The maximum atomic E-state index is 8.99. The van der Waals surface area contributed by atoms with Gasteiger partial charge in [-0.2, -0.15) is 5.26 Å². The smallest absolute Gasteiger partial charge is 0.171 e. The molecule has 1 aromatic carbocycles. The molecule has 22 heavy (non-hydrogen) atoms. The minimum absolute atomic E-state index is 0.406. The third-order valence-electron chi connectivity index (χ3n) is 2.78. The lowest BCUT2D eigenvalue weighted by atomic mass is 10.1. The van der Waals surface area contributed by atoms with Gasteiger partial charge in [0.05, 0.1) is 5.56 Å². The fourth-order valence-electron chi connectivity index (χ4n) is 1.82. The third kappa shape index (κ3) is 4.85. The Balaban J connectivity index is 1.87. The molecule has 7 heteroatoms. The van der Waals surface area contributed by atoms with Gasteiger partial charge in [-0.15, -0.1) is 0 Å². The van der Waals surface area contributed by atoms with Gasteiger partial charge in [-0.3, -0.25) is 0 Å². The molecule has 112 valence electrons. The van der Waals surface area contributed by atoms with Crippen molar-refractivity contribution in [1.82, 2.24) is 10.3 Å². The Kier molecular flexibility index (Phi) is 5.96. The Morgan fingerprint density at radius 3 is 2.68 bits per heavy atom. The number of nitrogens with zero attached hydrogens (tertiary/aromatic N) is 2. The van der Waals surface area contributed by atoms with Crippen LogP contribution >= 0.6 is 35.4 Å². The molecule has 1 aromatic heterocycles. The van der Waals surface area contributed by atoms with Crippen LogP contribution in [0, 0.1) is 11.3 Å². The molecule has 4 nitrogen and oxygen atoms in total. The fraction of sp³-hybridized carbons (Fsp3) is 0.133. The van der Waals surface area contributed by atoms with Crippen molar-refractivity contribution in [2.75, 3.05) is 11.9 Å². The van der Waals surface area contributed by atoms with Crippen LogP contribution in [0.15, 0.2) is 36.5 Å². The van der Waals surface area contributed by atoms with Gasteiger partial charge in [0.15, 0.2) is 5.11 Å². The number of halogens is 2. The molecular formula is C15H12Cl2N4S. The summed E-state index contributed by atoms with van der Waals surface area (Å²) in [5.41, 5.74) is 1.46. The van der Waals surface area contributed by atoms with Crippen LogP contribution in [0.5, 0.6) is 0 Å². The zero-order valence-electron chi connectivity index (χ0n) is 11.4. The normalized spacial score (nSPS) is 9.86. The average Bonchev–Trinajstić information content (AvgIpc) is 2.46. The highest BCUT2D eigenvalue weighted by atomic mass is 35.5. The van der Waals surface area contributed by atoms with E-state index >= 15 is 0 Å². The van der Waals surface area contributed by atoms with Crippen LogP contribution in [0.2, 0.25) is 10.0 Å². The first-order chi connectivity index (χ1) is 10.6. The van der Waals surface area contributed by atoms with Crippen LogP contribution < -0.4 is 10.6 Å². The number of nitrogens with one attached hydrogen (secondary N) is 2. The lowest BCUT2D eigenvalue weighted by Gasteiger charge is -2.11. The van der Waals surface area contributed by atoms with Crippen molar-refractivity contribution in [2.45, 2.75) is 6.42 Å². The summed E-state index contributed by atoms with van der Waals surface area (Å²) in [6.45, 7) is 0.608. The highest BCUT2D eigenvalue weighted by Crippen LogP contribution is 2.19. The first-order valence-electron chi connectivity index (χ1n) is 6.43. The number of pyridine rings is 1. The molecule has 0 atom stereocenters. The van der Waals surface area contributed by atoms with Gasteiger partial charge in [-0.05, 0) is 54.5 Å². The molecule has 0 radical (unpaired) electrons. The molecule has 2 rings (SSSR count). The summed E-state index contributed by atoms with van der Waals surface area (Å²) < 4.78 is 0. The lowest BCUT2D eigenvalue weighted by Crippen LogP contribution is -2.30. The predicted octanol–water partition coefficient (Wildman–Crippen LogP) is 3.79. The van der Waals surface area contributed by atoms with Crippen molar-refractivity contribution < 1.29 is 0 Å². The van der Waals surface area contributed by atoms with E-state index < -0.39 is 0 Å². The van der Waals surface area contributed by atoms with Crippen LogP contribution in [0.4, 0.5) is 5.82 Å². The molecule has 0 aliphatic carbocycles. The summed E-state index contributed by atoms with van der Waals surface area (Å²) in [5, 5.41) is 16.6. The SMILES string of the molecule is N#Cc1cccnc1NC(=S)NCCc1cc(Cl)cc(Cl)c1. The van der Waals surface area contributed by atoms with E-state index in [1.54, 1.807) is 24.4 Å². The Morgan fingerprint density at radius 1 is 1.27 bits per heavy atom. The molecule has 0 amide bonds. The highest BCUT2D eigenvalue weighted by molar-refractivity contribution is 7.80.